The second kappa shape index (κ2) is 3.46. The average molecular weight is 323 g/mol. The molecule has 1 aliphatic rings. The molecule has 0 unspecified atom stereocenters. The Morgan fingerprint density at radius 3 is 2.47 bits per heavy atom. The van der Waals surface area contributed by atoms with Crippen LogP contribution in [-0.4, -0.2) is 0 Å². The van der Waals surface area contributed by atoms with Crippen LogP contribution in [0.3, 0.4) is 0 Å². The van der Waals surface area contributed by atoms with Crippen LogP contribution in [0.15, 0.2) is 45.3 Å². The molecule has 1 aliphatic carbocycles. The molecule has 0 amide bonds. The number of rotatable bonds is 0. The summed E-state index contributed by atoms with van der Waals surface area (Å²) < 4.78 is 2.24. The standard InChI is InChI=1S/C13H7Br2/c14-12-6-5-10-9-4-2-1-3-8(9)7-11(10)13(12)15/h1-7H. The molecule has 0 aromatic heterocycles. The van der Waals surface area contributed by atoms with E-state index in [0.717, 1.165) is 8.95 Å². The van der Waals surface area contributed by atoms with Gasteiger partial charge in [-0.2, -0.15) is 0 Å². The number of fused-ring (bicyclic) bond motifs is 3. The van der Waals surface area contributed by atoms with Crippen LogP contribution in [0.2, 0.25) is 0 Å². The van der Waals surface area contributed by atoms with Crippen LogP contribution in [0.4, 0.5) is 0 Å². The lowest BCUT2D eigenvalue weighted by atomic mass is 10.1. The van der Waals surface area contributed by atoms with Crippen molar-refractivity contribution in [1.82, 2.24) is 0 Å². The normalized spacial score (nSPS) is 12.4. The van der Waals surface area contributed by atoms with Crippen LogP contribution >= 0.6 is 31.9 Å². The average Bonchev–Trinajstić information content (AvgIpc) is 2.63. The van der Waals surface area contributed by atoms with E-state index in [-0.39, 0.29) is 0 Å². The molecule has 0 saturated heterocycles. The predicted molar refractivity (Wildman–Crippen MR) is 69.8 cm³/mol. The summed E-state index contributed by atoms with van der Waals surface area (Å²) in [4.78, 5) is 0. The maximum absolute atomic E-state index is 3.61. The summed E-state index contributed by atoms with van der Waals surface area (Å²) >= 11 is 7.14. The van der Waals surface area contributed by atoms with Gasteiger partial charge in [0.15, 0.2) is 0 Å². The van der Waals surface area contributed by atoms with E-state index >= 15 is 0 Å². The van der Waals surface area contributed by atoms with Crippen LogP contribution < -0.4 is 0 Å². The van der Waals surface area contributed by atoms with Crippen molar-refractivity contribution >= 4 is 31.9 Å². The number of hydrogen-bond donors (Lipinski definition) is 0. The zero-order valence-electron chi connectivity index (χ0n) is 7.80. The van der Waals surface area contributed by atoms with Crippen molar-refractivity contribution in [3.05, 3.63) is 62.9 Å². The Labute approximate surface area is 106 Å². The predicted octanol–water partition coefficient (Wildman–Crippen LogP) is 4.79. The summed E-state index contributed by atoms with van der Waals surface area (Å²) in [7, 11) is 0. The van der Waals surface area contributed by atoms with Crippen LogP contribution in [-0.2, 0) is 0 Å². The van der Waals surface area contributed by atoms with E-state index in [1.807, 2.05) is 0 Å². The van der Waals surface area contributed by atoms with Crippen LogP contribution in [0, 0.1) is 6.42 Å². The third kappa shape index (κ3) is 1.39. The van der Waals surface area contributed by atoms with E-state index in [1.54, 1.807) is 0 Å². The second-order valence-corrected chi connectivity index (χ2v) is 5.20. The fourth-order valence-corrected chi connectivity index (χ4v) is 2.77. The topological polar surface area (TPSA) is 0 Å². The minimum Gasteiger partial charge on any atom is -0.0619 e. The Balaban J connectivity index is 2.31. The van der Waals surface area contributed by atoms with Crippen molar-refractivity contribution in [1.29, 1.82) is 0 Å². The van der Waals surface area contributed by atoms with Crippen molar-refractivity contribution < 1.29 is 0 Å². The highest BCUT2D eigenvalue weighted by Gasteiger charge is 2.21. The molecule has 3 rings (SSSR count). The summed E-state index contributed by atoms with van der Waals surface area (Å²) in [5.41, 5.74) is 5.19. The van der Waals surface area contributed by atoms with Gasteiger partial charge in [0, 0.05) is 15.4 Å². The van der Waals surface area contributed by atoms with Crippen molar-refractivity contribution in [3.8, 4) is 11.1 Å². The van der Waals surface area contributed by atoms with Gasteiger partial charge < -0.3 is 0 Å². The molecule has 2 heteroatoms. The molecule has 0 bridgehead atoms. The molecule has 0 nitrogen and oxygen atoms in total. The Hall–Kier alpha value is -0.600. The molecule has 0 spiro atoms. The maximum atomic E-state index is 3.61. The highest BCUT2D eigenvalue weighted by atomic mass is 79.9. The van der Waals surface area contributed by atoms with E-state index in [9.17, 15) is 0 Å². The summed E-state index contributed by atoms with van der Waals surface area (Å²) in [6, 6.07) is 12.7. The van der Waals surface area contributed by atoms with Gasteiger partial charge in [-0.1, -0.05) is 30.3 Å². The lowest BCUT2D eigenvalue weighted by Gasteiger charge is -2.04. The van der Waals surface area contributed by atoms with Gasteiger partial charge in [-0.05, 0) is 60.2 Å². The first kappa shape index (κ1) is 9.61. The third-order valence-electron chi connectivity index (χ3n) is 2.68. The van der Waals surface area contributed by atoms with Crippen molar-refractivity contribution in [3.63, 3.8) is 0 Å². The Bertz CT molecular complexity index is 544. The van der Waals surface area contributed by atoms with Gasteiger partial charge in [0.1, 0.15) is 0 Å². The first-order valence-corrected chi connectivity index (χ1v) is 6.28. The molecule has 0 atom stereocenters. The van der Waals surface area contributed by atoms with E-state index in [2.05, 4.69) is 74.7 Å². The summed E-state index contributed by atoms with van der Waals surface area (Å²) in [6.45, 7) is 0. The van der Waals surface area contributed by atoms with E-state index in [0.29, 0.717) is 0 Å². The summed E-state index contributed by atoms with van der Waals surface area (Å²) in [5.74, 6) is 0. The molecule has 2 aromatic rings. The fraction of sp³-hybridized carbons (Fsp3) is 0. The molecule has 15 heavy (non-hydrogen) atoms. The van der Waals surface area contributed by atoms with Crippen LogP contribution in [0.1, 0.15) is 11.1 Å². The van der Waals surface area contributed by atoms with Crippen LogP contribution in [0.5, 0.6) is 0 Å². The highest BCUT2D eigenvalue weighted by Crippen LogP contribution is 2.43. The van der Waals surface area contributed by atoms with Gasteiger partial charge in [0.05, 0.1) is 0 Å². The lowest BCUT2D eigenvalue weighted by molar-refractivity contribution is 1.48. The monoisotopic (exact) mass is 321 g/mol. The third-order valence-corrected chi connectivity index (χ3v) is 4.73. The van der Waals surface area contributed by atoms with E-state index in [1.165, 1.54) is 22.3 Å². The van der Waals surface area contributed by atoms with E-state index in [4.69, 9.17) is 0 Å². The highest BCUT2D eigenvalue weighted by molar-refractivity contribution is 9.13. The minimum atomic E-state index is 1.10. The lowest BCUT2D eigenvalue weighted by Crippen LogP contribution is -1.81. The summed E-state index contributed by atoms with van der Waals surface area (Å²) in [6.07, 6.45) is 2.22. The minimum absolute atomic E-state index is 1.10. The molecular formula is C13H7Br2. The Kier molecular flexibility index (Phi) is 2.22. The number of halogens is 2. The number of hydrogen-bond acceptors (Lipinski definition) is 0. The van der Waals surface area contributed by atoms with Gasteiger partial charge in [0.25, 0.3) is 0 Å². The SMILES string of the molecule is Brc1ccc2c(c1Br)[CH]c1ccccc1-2. The van der Waals surface area contributed by atoms with E-state index < -0.39 is 0 Å². The molecule has 0 fully saturated rings. The maximum Gasteiger partial charge on any atom is 0.0362 e. The van der Waals surface area contributed by atoms with Gasteiger partial charge in [-0.15, -0.1) is 0 Å². The fourth-order valence-electron chi connectivity index (χ4n) is 1.97. The van der Waals surface area contributed by atoms with Gasteiger partial charge in [-0.3, -0.25) is 0 Å². The first-order valence-electron chi connectivity index (χ1n) is 4.69. The Morgan fingerprint density at radius 2 is 1.60 bits per heavy atom. The van der Waals surface area contributed by atoms with Gasteiger partial charge in [0.2, 0.25) is 0 Å². The molecule has 2 aromatic carbocycles. The van der Waals surface area contributed by atoms with Crippen molar-refractivity contribution in [2.45, 2.75) is 0 Å². The number of benzene rings is 2. The zero-order valence-corrected chi connectivity index (χ0v) is 11.0. The largest absolute Gasteiger partial charge is 0.0619 e. The first-order chi connectivity index (χ1) is 7.27. The van der Waals surface area contributed by atoms with Crippen LogP contribution in [0.25, 0.3) is 11.1 Å². The molecule has 0 saturated carbocycles. The van der Waals surface area contributed by atoms with Gasteiger partial charge in [-0.25, -0.2) is 0 Å². The molecule has 1 radical (unpaired) electrons. The molecule has 0 N–H and O–H groups in total. The second-order valence-electron chi connectivity index (χ2n) is 3.55. The molecule has 0 aliphatic heterocycles. The Morgan fingerprint density at radius 1 is 0.800 bits per heavy atom. The van der Waals surface area contributed by atoms with Crippen molar-refractivity contribution in [2.24, 2.45) is 0 Å². The molecule has 0 heterocycles. The molecule has 73 valence electrons. The zero-order chi connectivity index (χ0) is 10.4. The molecular weight excluding hydrogens is 316 g/mol. The van der Waals surface area contributed by atoms with Gasteiger partial charge >= 0.3 is 0 Å². The smallest absolute Gasteiger partial charge is 0.0362 e. The quantitative estimate of drug-likeness (QED) is 0.558. The van der Waals surface area contributed by atoms with Crippen molar-refractivity contribution in [2.75, 3.05) is 0 Å². The summed E-state index contributed by atoms with van der Waals surface area (Å²) in [5, 5.41) is 0.